The maximum absolute atomic E-state index is 13.3. The van der Waals surface area contributed by atoms with Crippen LogP contribution in [0.2, 0.25) is 0 Å². The standard InChI is InChI=1S/C33H39N3O6/c1-32(2,3)41-30(38)35-28-16-15-27(19-29(28)34-21-37)40-26-13-11-22(12-14-26)20-36(31(39)42-33(4,5)6)25-17-23-9-7-8-10-24(23)18-25/h7-16,19,21,25H,17-18,20H2,1-6H3,(H,34,37)(H,35,38). The molecule has 0 radical (unpaired) electrons. The SMILES string of the molecule is CC(C)(C)OC(=O)Nc1ccc(Oc2ccc(CN(C(=O)OC(C)(C)C)C3Cc4ccccc4C3)cc2)cc1NC=O. The number of hydrogen-bond donors (Lipinski definition) is 2. The van der Waals surface area contributed by atoms with Crippen molar-refractivity contribution in [3.63, 3.8) is 0 Å². The highest BCUT2D eigenvalue weighted by Crippen LogP contribution is 2.32. The van der Waals surface area contributed by atoms with E-state index in [0.717, 1.165) is 18.4 Å². The van der Waals surface area contributed by atoms with Crippen molar-refractivity contribution in [2.75, 3.05) is 10.6 Å². The molecule has 4 rings (SSSR count). The molecule has 0 atom stereocenters. The molecule has 0 unspecified atom stereocenters. The fraction of sp³-hybridized carbons (Fsp3) is 0.364. The second kappa shape index (κ2) is 12.5. The summed E-state index contributed by atoms with van der Waals surface area (Å²) in [5, 5.41) is 5.22. The van der Waals surface area contributed by atoms with Gasteiger partial charge in [-0.2, -0.15) is 0 Å². The summed E-state index contributed by atoms with van der Waals surface area (Å²) in [6.45, 7) is 11.3. The summed E-state index contributed by atoms with van der Waals surface area (Å²) in [6, 6.07) is 20.7. The van der Waals surface area contributed by atoms with E-state index in [2.05, 4.69) is 22.8 Å². The molecule has 0 spiro atoms. The quantitative estimate of drug-likeness (QED) is 0.274. The fourth-order valence-corrected chi connectivity index (χ4v) is 4.71. The number of ether oxygens (including phenoxy) is 3. The van der Waals surface area contributed by atoms with Crippen LogP contribution >= 0.6 is 0 Å². The summed E-state index contributed by atoms with van der Waals surface area (Å²) in [4.78, 5) is 38.5. The van der Waals surface area contributed by atoms with Gasteiger partial charge in [0.05, 0.1) is 11.4 Å². The zero-order valence-electron chi connectivity index (χ0n) is 25.0. The molecule has 222 valence electrons. The van der Waals surface area contributed by atoms with Crippen LogP contribution in [0.4, 0.5) is 21.0 Å². The van der Waals surface area contributed by atoms with Gasteiger partial charge in [0, 0.05) is 18.7 Å². The van der Waals surface area contributed by atoms with E-state index in [0.29, 0.717) is 35.8 Å². The topological polar surface area (TPSA) is 106 Å². The summed E-state index contributed by atoms with van der Waals surface area (Å²) in [5.74, 6) is 1.03. The van der Waals surface area contributed by atoms with Gasteiger partial charge in [-0.25, -0.2) is 9.59 Å². The van der Waals surface area contributed by atoms with Crippen LogP contribution in [0, 0.1) is 0 Å². The van der Waals surface area contributed by atoms with Crippen molar-refractivity contribution in [3.8, 4) is 11.5 Å². The van der Waals surface area contributed by atoms with Crippen LogP contribution in [-0.2, 0) is 33.7 Å². The summed E-state index contributed by atoms with van der Waals surface area (Å²) in [5.41, 5.74) is 2.92. The first-order valence-electron chi connectivity index (χ1n) is 14.0. The van der Waals surface area contributed by atoms with Gasteiger partial charge in [0.25, 0.3) is 0 Å². The number of hydrogen-bond acceptors (Lipinski definition) is 6. The number of nitrogens with one attached hydrogen (secondary N) is 2. The van der Waals surface area contributed by atoms with Crippen LogP contribution < -0.4 is 15.4 Å². The van der Waals surface area contributed by atoms with E-state index >= 15 is 0 Å². The number of carbonyl (C=O) groups excluding carboxylic acids is 3. The third kappa shape index (κ3) is 8.49. The highest BCUT2D eigenvalue weighted by atomic mass is 16.6. The Labute approximate surface area is 247 Å². The summed E-state index contributed by atoms with van der Waals surface area (Å²) in [6.07, 6.45) is 1.12. The molecule has 42 heavy (non-hydrogen) atoms. The molecule has 2 N–H and O–H groups in total. The molecule has 0 fully saturated rings. The number of rotatable bonds is 8. The summed E-state index contributed by atoms with van der Waals surface area (Å²) in [7, 11) is 0. The van der Waals surface area contributed by atoms with Gasteiger partial charge in [-0.05, 0) is 95.3 Å². The molecular weight excluding hydrogens is 534 g/mol. The minimum atomic E-state index is -0.663. The van der Waals surface area contributed by atoms with Crippen molar-refractivity contribution in [1.82, 2.24) is 4.90 Å². The molecule has 9 nitrogen and oxygen atoms in total. The van der Waals surface area contributed by atoms with Crippen LogP contribution in [0.5, 0.6) is 11.5 Å². The second-order valence-electron chi connectivity index (χ2n) is 12.3. The Morgan fingerprint density at radius 3 is 2.00 bits per heavy atom. The van der Waals surface area contributed by atoms with Gasteiger partial charge in [0.1, 0.15) is 22.7 Å². The lowest BCUT2D eigenvalue weighted by Gasteiger charge is -2.31. The number of nitrogens with zero attached hydrogens (tertiary/aromatic N) is 1. The third-order valence-electron chi connectivity index (χ3n) is 6.45. The highest BCUT2D eigenvalue weighted by Gasteiger charge is 2.32. The Kier molecular flexibility index (Phi) is 9.09. The van der Waals surface area contributed by atoms with E-state index < -0.39 is 17.3 Å². The Balaban J connectivity index is 1.46. The maximum Gasteiger partial charge on any atom is 0.412 e. The lowest BCUT2D eigenvalue weighted by Crippen LogP contribution is -2.43. The molecule has 0 aromatic heterocycles. The molecule has 1 aliphatic carbocycles. The summed E-state index contributed by atoms with van der Waals surface area (Å²) >= 11 is 0. The minimum Gasteiger partial charge on any atom is -0.457 e. The largest absolute Gasteiger partial charge is 0.457 e. The van der Waals surface area contributed by atoms with E-state index in [9.17, 15) is 14.4 Å². The van der Waals surface area contributed by atoms with E-state index in [4.69, 9.17) is 14.2 Å². The van der Waals surface area contributed by atoms with Crippen LogP contribution in [0.3, 0.4) is 0 Å². The van der Waals surface area contributed by atoms with Gasteiger partial charge >= 0.3 is 12.2 Å². The number of anilines is 2. The minimum absolute atomic E-state index is 0.00437. The molecular formula is C33H39N3O6. The van der Waals surface area contributed by atoms with Crippen LogP contribution in [0.1, 0.15) is 58.2 Å². The van der Waals surface area contributed by atoms with Crippen molar-refractivity contribution < 1.29 is 28.6 Å². The molecule has 3 aromatic carbocycles. The van der Waals surface area contributed by atoms with E-state index in [1.807, 2.05) is 62.1 Å². The first kappa shape index (κ1) is 30.4. The van der Waals surface area contributed by atoms with Crippen molar-refractivity contribution in [2.24, 2.45) is 0 Å². The second-order valence-corrected chi connectivity index (χ2v) is 12.3. The number of benzene rings is 3. The zero-order valence-corrected chi connectivity index (χ0v) is 25.0. The van der Waals surface area contributed by atoms with Gasteiger partial charge < -0.3 is 24.4 Å². The maximum atomic E-state index is 13.3. The predicted octanol–water partition coefficient (Wildman–Crippen LogP) is 7.30. The first-order valence-corrected chi connectivity index (χ1v) is 14.0. The van der Waals surface area contributed by atoms with Crippen molar-refractivity contribution in [1.29, 1.82) is 0 Å². The van der Waals surface area contributed by atoms with Gasteiger partial charge in [-0.1, -0.05) is 36.4 Å². The lowest BCUT2D eigenvalue weighted by molar-refractivity contribution is -0.105. The normalized spacial score (nSPS) is 13.1. The Hall–Kier alpha value is -4.53. The van der Waals surface area contributed by atoms with Crippen molar-refractivity contribution in [2.45, 2.75) is 78.2 Å². The van der Waals surface area contributed by atoms with Gasteiger partial charge in [0.2, 0.25) is 6.41 Å². The van der Waals surface area contributed by atoms with Crippen LogP contribution in [-0.4, -0.2) is 40.7 Å². The monoisotopic (exact) mass is 573 g/mol. The average molecular weight is 574 g/mol. The Bertz CT molecular complexity index is 1400. The predicted molar refractivity (Wildman–Crippen MR) is 162 cm³/mol. The molecule has 0 aliphatic heterocycles. The zero-order chi connectivity index (χ0) is 30.5. The first-order chi connectivity index (χ1) is 19.8. The molecule has 0 heterocycles. The van der Waals surface area contributed by atoms with Crippen LogP contribution in [0.25, 0.3) is 0 Å². The van der Waals surface area contributed by atoms with E-state index in [1.165, 1.54) is 11.1 Å². The molecule has 3 aromatic rings. The molecule has 0 bridgehead atoms. The number of amides is 3. The fourth-order valence-electron chi connectivity index (χ4n) is 4.71. The van der Waals surface area contributed by atoms with Crippen molar-refractivity contribution in [3.05, 3.63) is 83.4 Å². The average Bonchev–Trinajstić information content (AvgIpc) is 3.31. The molecule has 0 saturated heterocycles. The number of carbonyl (C=O) groups is 3. The number of fused-ring (bicyclic) bond motifs is 1. The third-order valence-corrected chi connectivity index (χ3v) is 6.45. The molecule has 3 amide bonds. The van der Waals surface area contributed by atoms with Gasteiger partial charge in [0.15, 0.2) is 0 Å². The highest BCUT2D eigenvalue weighted by molar-refractivity contribution is 5.92. The smallest absolute Gasteiger partial charge is 0.412 e. The van der Waals surface area contributed by atoms with E-state index in [-0.39, 0.29) is 12.1 Å². The van der Waals surface area contributed by atoms with Crippen molar-refractivity contribution >= 4 is 30.0 Å². The molecule has 0 saturated carbocycles. The van der Waals surface area contributed by atoms with Gasteiger partial charge in [-0.3, -0.25) is 10.1 Å². The van der Waals surface area contributed by atoms with Crippen LogP contribution in [0.15, 0.2) is 66.7 Å². The summed E-state index contributed by atoms with van der Waals surface area (Å²) < 4.78 is 17.1. The lowest BCUT2D eigenvalue weighted by atomic mass is 10.1. The Morgan fingerprint density at radius 2 is 1.43 bits per heavy atom. The van der Waals surface area contributed by atoms with E-state index in [1.54, 1.807) is 39.0 Å². The molecule has 1 aliphatic rings. The Morgan fingerprint density at radius 1 is 0.833 bits per heavy atom. The molecule has 9 heteroatoms. The van der Waals surface area contributed by atoms with Gasteiger partial charge in [-0.15, -0.1) is 0 Å².